The number of halogens is 1. The number of nitrogens with one attached hydrogen (secondary N) is 3. The normalized spacial score (nSPS) is 14.1. The van der Waals surface area contributed by atoms with Crippen LogP contribution in [0.15, 0.2) is 103 Å². The number of rotatable bonds is 19. The smallest absolute Gasteiger partial charge is 0.254 e. The Labute approximate surface area is 464 Å². The minimum Gasteiger partial charge on any atom is -0.508 e. The van der Waals surface area contributed by atoms with Gasteiger partial charge in [-0.3, -0.25) is 23.8 Å². The molecule has 7 rings (SSSR count). The molecule has 8 N–H and O–H groups in total. The Balaban J connectivity index is 0.000000293. The van der Waals surface area contributed by atoms with Crippen molar-refractivity contribution in [3.8, 4) is 22.6 Å². The number of fused-ring (bicyclic) bond motifs is 1. The number of carbonyl (C=O) groups excluding carboxylic acids is 3. The number of allylic oxidation sites excluding steroid dienone is 4. The summed E-state index contributed by atoms with van der Waals surface area (Å²) in [6.45, 7) is 19.4. The van der Waals surface area contributed by atoms with Gasteiger partial charge >= 0.3 is 25.1 Å². The first-order valence-corrected chi connectivity index (χ1v) is 27.1. The number of nitrogens with two attached hydrogens (primary N) is 2. The average molecular weight is 1070 g/mol. The molecule has 3 heterocycles. The van der Waals surface area contributed by atoms with Gasteiger partial charge in [-0.1, -0.05) is 95.7 Å². The molecule has 418 valence electrons. The number of anilines is 1. The summed E-state index contributed by atoms with van der Waals surface area (Å²) in [5.74, 6) is 0.954. The van der Waals surface area contributed by atoms with E-state index in [9.17, 15) is 28.6 Å². The van der Waals surface area contributed by atoms with E-state index in [0.717, 1.165) is 95.3 Å². The van der Waals surface area contributed by atoms with Crippen molar-refractivity contribution in [3.63, 3.8) is 0 Å². The molecule has 15 heteroatoms. The molecule has 3 aromatic carbocycles. The summed E-state index contributed by atoms with van der Waals surface area (Å²) in [5.41, 5.74) is 22.4. The fraction of sp³-hybridized carbons (Fsp3) is 0.413. The van der Waals surface area contributed by atoms with Gasteiger partial charge in [0.1, 0.15) is 11.5 Å². The predicted molar refractivity (Wildman–Crippen MR) is 319 cm³/mol. The number of hydrogen-bond acceptors (Lipinski definition) is 10. The standard InChI is InChI=1S/C21H26N2O.C20H20N2O4.C19H31N3.C2H5BO.CH3F/c1-6-9-16-14(4)11-15(12-19(16)22)18-13-23(5)21(20(24)8-3)17(18)10-7-2;1-21-20(25)16-9-12(19(24)22-13-5-6-13)8-15-17(10-26-18(15)16)11-3-2-4-14(23)7-11;1-15(2)10-11-17(21)19(16(3)4,12-6-7-13-20)18-9-5-8-14-22-18;1-2-3-4;1-2/h6-7,9-13H,8,22H2,1-5H3;2-4,7-9,13,17,23H,5-6,10H2,1H3,(H,21,25)(H,22,24);5,8-11,14-16,21H,6-7,12-13,20H2,1-4H3;2H2,1H3;1H3/b9-6-,10-7-;;11-10-,21-17?;;/t;17-;;;/m.0.../s1. The van der Waals surface area contributed by atoms with E-state index in [1.54, 1.807) is 37.4 Å². The molecule has 2 aliphatic rings. The third kappa shape index (κ3) is 17.4. The van der Waals surface area contributed by atoms with Crippen LogP contribution in [0.2, 0.25) is 6.32 Å². The van der Waals surface area contributed by atoms with E-state index in [4.69, 9.17) is 21.6 Å². The summed E-state index contributed by atoms with van der Waals surface area (Å²) in [4.78, 5) is 41.8. The van der Waals surface area contributed by atoms with Gasteiger partial charge in [0.15, 0.2) is 5.78 Å². The van der Waals surface area contributed by atoms with Crippen molar-refractivity contribution in [2.24, 2.45) is 24.6 Å². The molecule has 2 atom stereocenters. The van der Waals surface area contributed by atoms with Crippen LogP contribution >= 0.6 is 0 Å². The van der Waals surface area contributed by atoms with Gasteiger partial charge in [-0.05, 0) is 130 Å². The Morgan fingerprint density at radius 2 is 1.65 bits per heavy atom. The van der Waals surface area contributed by atoms with E-state index in [1.165, 1.54) is 0 Å². The second kappa shape index (κ2) is 32.5. The number of amides is 2. The van der Waals surface area contributed by atoms with Crippen molar-refractivity contribution in [1.29, 1.82) is 5.41 Å². The second-order valence-corrected chi connectivity index (χ2v) is 19.9. The number of pyridine rings is 1. The van der Waals surface area contributed by atoms with Gasteiger partial charge in [0.2, 0.25) is 0 Å². The number of phenols is 1. The van der Waals surface area contributed by atoms with Crippen molar-refractivity contribution in [2.45, 2.75) is 125 Å². The molecular formula is C63H85BFN7O6. The quantitative estimate of drug-likeness (QED) is 0.0152. The molecule has 1 aliphatic heterocycles. The van der Waals surface area contributed by atoms with Crippen LogP contribution < -0.4 is 26.8 Å². The number of carbonyl (C=O) groups is 3. The monoisotopic (exact) mass is 1070 g/mol. The van der Waals surface area contributed by atoms with Gasteiger partial charge < -0.3 is 41.9 Å². The maximum atomic E-state index is 12.5. The van der Waals surface area contributed by atoms with Crippen molar-refractivity contribution in [1.82, 2.24) is 20.2 Å². The van der Waals surface area contributed by atoms with E-state index in [-0.39, 0.29) is 40.7 Å². The Bertz CT molecular complexity index is 2850. The molecule has 0 radical (unpaired) electrons. The third-order valence-corrected chi connectivity index (χ3v) is 13.4. The van der Waals surface area contributed by atoms with E-state index in [1.807, 2.05) is 106 Å². The largest absolute Gasteiger partial charge is 0.508 e. The van der Waals surface area contributed by atoms with Gasteiger partial charge in [0, 0.05) is 84.1 Å². The summed E-state index contributed by atoms with van der Waals surface area (Å²) in [7, 11) is 4.84. The molecule has 2 aromatic heterocycles. The minimum absolute atomic E-state index is 0.144. The number of benzene rings is 3. The number of aromatic hydroxyl groups is 1. The van der Waals surface area contributed by atoms with E-state index >= 15 is 0 Å². The Morgan fingerprint density at radius 1 is 0.974 bits per heavy atom. The number of Topliss-reactive ketones (excluding diaryl/α,β-unsaturated/α-hetero) is 1. The van der Waals surface area contributed by atoms with Gasteiger partial charge in [-0.15, -0.1) is 0 Å². The fourth-order valence-electron chi connectivity index (χ4n) is 9.28. The van der Waals surface area contributed by atoms with Gasteiger partial charge in [-0.2, -0.15) is 0 Å². The number of alkyl halides is 1. The van der Waals surface area contributed by atoms with Crippen LogP contribution in [0.25, 0.3) is 23.3 Å². The molecule has 1 fully saturated rings. The van der Waals surface area contributed by atoms with E-state index < -0.39 is 0 Å². The summed E-state index contributed by atoms with van der Waals surface area (Å²) >= 11 is 0. The number of aryl methyl sites for hydroxylation is 2. The molecule has 0 bridgehead atoms. The van der Waals surface area contributed by atoms with Gasteiger partial charge in [-0.25, -0.2) is 0 Å². The summed E-state index contributed by atoms with van der Waals surface area (Å²) in [6, 6.07) is 20.7. The number of nitrogen functional groups attached to an aromatic ring is 1. The topological polar surface area (TPSA) is 216 Å². The van der Waals surface area contributed by atoms with Gasteiger partial charge in [0.25, 0.3) is 11.8 Å². The predicted octanol–water partition coefficient (Wildman–Crippen LogP) is 12.8. The zero-order valence-corrected chi connectivity index (χ0v) is 48.1. The molecule has 2 amide bonds. The van der Waals surface area contributed by atoms with Crippen LogP contribution in [0.1, 0.15) is 165 Å². The van der Waals surface area contributed by atoms with Crippen molar-refractivity contribution < 1.29 is 33.3 Å². The number of aromatic nitrogens is 2. The first-order valence-electron chi connectivity index (χ1n) is 27.1. The number of ether oxygens (including phenoxy) is 1. The Morgan fingerprint density at radius 3 is 2.19 bits per heavy atom. The zero-order chi connectivity index (χ0) is 58.1. The maximum absolute atomic E-state index is 12.5. The van der Waals surface area contributed by atoms with E-state index in [0.29, 0.717) is 67.5 Å². The average Bonchev–Trinajstić information content (AvgIpc) is 4.12. The number of phenolic OH excluding ortho intramolecular Hbond substituents is 1. The van der Waals surface area contributed by atoms with Crippen LogP contribution in [-0.4, -0.2) is 78.5 Å². The molecule has 5 aromatic rings. The molecule has 1 unspecified atom stereocenters. The molecule has 1 aliphatic carbocycles. The Hall–Kier alpha value is -7.26. The molecule has 13 nitrogen and oxygen atoms in total. The number of ketones is 1. The number of hydrogen-bond donors (Lipinski definition) is 6. The number of nitrogens with zero attached hydrogens (tertiary/aromatic N) is 2. The number of unbranched alkanes of at least 4 members (excludes halogenated alkanes) is 1. The fourth-order valence-corrected chi connectivity index (χ4v) is 9.28. The van der Waals surface area contributed by atoms with Crippen LogP contribution in [0.4, 0.5) is 10.1 Å². The van der Waals surface area contributed by atoms with Crippen LogP contribution in [0, 0.1) is 24.2 Å². The summed E-state index contributed by atoms with van der Waals surface area (Å²) in [5, 5.41) is 24.1. The van der Waals surface area contributed by atoms with Crippen LogP contribution in [0.3, 0.4) is 0 Å². The molecule has 0 saturated heterocycles. The maximum Gasteiger partial charge on any atom is 0.254 e. The summed E-state index contributed by atoms with van der Waals surface area (Å²) in [6.07, 6.45) is 21.9. The molecule has 0 spiro atoms. The van der Waals surface area contributed by atoms with Crippen LogP contribution in [0.5, 0.6) is 11.5 Å². The van der Waals surface area contributed by atoms with E-state index in [2.05, 4.69) is 68.4 Å². The molecule has 78 heavy (non-hydrogen) atoms. The zero-order valence-electron chi connectivity index (χ0n) is 48.1. The van der Waals surface area contributed by atoms with Crippen LogP contribution in [-0.2, 0) is 17.2 Å². The van der Waals surface area contributed by atoms with Crippen molar-refractivity contribution >= 4 is 48.3 Å². The minimum atomic E-state index is -0.332. The molecular weight excluding hydrogens is 981 g/mol. The SMILES string of the molecule is C/C=C\c1c(C)cc(-c2cn(C)c(C(=O)CC)c2/C=C\C)cc1N.CC(C)/C=C\C(=N)C(CCCCN)(c1ccccn1)C(C)C.CCB=O.CF.CNC(=O)c1cc(C(=O)NC2CC2)cc2c1OC[C@H]2c1cccc(O)c1. The molecule has 1 saturated carbocycles. The second-order valence-electron chi connectivity index (χ2n) is 19.9. The first kappa shape index (κ1) is 65.0. The van der Waals surface area contributed by atoms with Crippen molar-refractivity contribution in [3.05, 3.63) is 154 Å². The summed E-state index contributed by atoms with van der Waals surface area (Å²) < 4.78 is 26.4. The van der Waals surface area contributed by atoms with Crippen molar-refractivity contribution in [2.75, 3.05) is 33.1 Å². The third-order valence-electron chi connectivity index (χ3n) is 13.4. The van der Waals surface area contributed by atoms with Gasteiger partial charge in [0.05, 0.1) is 36.2 Å². The Kier molecular flexibility index (Phi) is 27.1. The first-order chi connectivity index (χ1) is 37.4.